The normalized spacial score (nSPS) is 16.7. The highest BCUT2D eigenvalue weighted by atomic mass is 16.5. The van der Waals surface area contributed by atoms with E-state index in [4.69, 9.17) is 4.74 Å². The summed E-state index contributed by atoms with van der Waals surface area (Å²) < 4.78 is 5.21. The maximum Gasteiger partial charge on any atom is 0.168 e. The van der Waals surface area contributed by atoms with E-state index in [1.165, 1.54) is 5.39 Å². The molecule has 0 amide bonds. The van der Waals surface area contributed by atoms with Gasteiger partial charge in [-0.3, -0.25) is 14.8 Å². The quantitative estimate of drug-likeness (QED) is 0.723. The van der Waals surface area contributed by atoms with Crippen LogP contribution in [0.4, 0.5) is 11.4 Å². The van der Waals surface area contributed by atoms with E-state index >= 15 is 0 Å². The average Bonchev–Trinajstić information content (AvgIpc) is 2.66. The number of aldehydes is 1. The summed E-state index contributed by atoms with van der Waals surface area (Å²) in [7, 11) is 1.91. The van der Waals surface area contributed by atoms with Gasteiger partial charge in [-0.1, -0.05) is 18.2 Å². The molecule has 4 heterocycles. The SMILES string of the molecule is CNc1cccc2cccnc12.O=Cc1cc(N2CC3(COC3)C2)ccn1. The number of carbonyl (C=O) groups is 1. The van der Waals surface area contributed by atoms with Gasteiger partial charge in [0.2, 0.25) is 0 Å². The minimum atomic E-state index is 0.407. The first-order chi connectivity index (χ1) is 13.2. The third-order valence-electron chi connectivity index (χ3n) is 5.02. The zero-order valence-electron chi connectivity index (χ0n) is 15.3. The molecule has 0 radical (unpaired) electrons. The van der Waals surface area contributed by atoms with E-state index in [2.05, 4.69) is 32.3 Å². The Morgan fingerprint density at radius 3 is 2.63 bits per heavy atom. The summed E-state index contributed by atoms with van der Waals surface area (Å²) in [6.45, 7) is 3.84. The van der Waals surface area contributed by atoms with Crippen LogP contribution in [-0.2, 0) is 4.74 Å². The molecule has 2 aliphatic rings. The van der Waals surface area contributed by atoms with Crippen LogP contribution < -0.4 is 10.2 Å². The Hall–Kier alpha value is -2.99. The Kier molecular flexibility index (Phi) is 4.73. The van der Waals surface area contributed by atoms with Crippen molar-refractivity contribution in [3.05, 3.63) is 60.6 Å². The van der Waals surface area contributed by atoms with Gasteiger partial charge < -0.3 is 15.0 Å². The maximum absolute atomic E-state index is 10.6. The number of para-hydroxylation sites is 1. The van der Waals surface area contributed by atoms with Gasteiger partial charge in [0.05, 0.1) is 29.8 Å². The molecule has 0 saturated carbocycles. The van der Waals surface area contributed by atoms with Crippen molar-refractivity contribution in [2.75, 3.05) is 43.6 Å². The molecule has 6 heteroatoms. The third kappa shape index (κ3) is 3.48. The number of ether oxygens (including phenoxy) is 1. The molecule has 27 heavy (non-hydrogen) atoms. The minimum Gasteiger partial charge on any atom is -0.386 e. The highest BCUT2D eigenvalue weighted by Crippen LogP contribution is 2.39. The first-order valence-corrected chi connectivity index (χ1v) is 8.98. The van der Waals surface area contributed by atoms with Gasteiger partial charge in [-0.25, -0.2) is 0 Å². The van der Waals surface area contributed by atoms with Gasteiger partial charge in [0.1, 0.15) is 5.69 Å². The van der Waals surface area contributed by atoms with Crippen molar-refractivity contribution < 1.29 is 9.53 Å². The number of nitrogens with one attached hydrogen (secondary N) is 1. The smallest absolute Gasteiger partial charge is 0.168 e. The molecule has 2 aromatic heterocycles. The van der Waals surface area contributed by atoms with E-state index in [1.807, 2.05) is 43.6 Å². The molecule has 2 saturated heterocycles. The fourth-order valence-electron chi connectivity index (χ4n) is 3.52. The van der Waals surface area contributed by atoms with Crippen LogP contribution in [0, 0.1) is 5.41 Å². The summed E-state index contributed by atoms with van der Waals surface area (Å²) in [5.74, 6) is 0. The monoisotopic (exact) mass is 362 g/mol. The first kappa shape index (κ1) is 17.4. The lowest BCUT2D eigenvalue weighted by Gasteiger charge is -2.56. The van der Waals surface area contributed by atoms with E-state index in [1.54, 1.807) is 6.20 Å². The van der Waals surface area contributed by atoms with Crippen molar-refractivity contribution in [2.24, 2.45) is 5.41 Å². The lowest BCUT2D eigenvalue weighted by Crippen LogP contribution is -2.66. The number of anilines is 2. The van der Waals surface area contributed by atoms with Crippen molar-refractivity contribution >= 4 is 28.6 Å². The molecule has 5 rings (SSSR count). The Balaban J connectivity index is 0.000000137. The lowest BCUT2D eigenvalue weighted by molar-refractivity contribution is -0.127. The summed E-state index contributed by atoms with van der Waals surface area (Å²) in [6, 6.07) is 13.9. The van der Waals surface area contributed by atoms with Crippen molar-refractivity contribution in [2.45, 2.75) is 0 Å². The van der Waals surface area contributed by atoms with Crippen LogP contribution in [0.1, 0.15) is 10.5 Å². The Bertz CT molecular complexity index is 942. The van der Waals surface area contributed by atoms with E-state index in [0.29, 0.717) is 11.1 Å². The number of aromatic nitrogens is 2. The largest absolute Gasteiger partial charge is 0.386 e. The van der Waals surface area contributed by atoms with Gasteiger partial charge in [-0.05, 0) is 24.3 Å². The summed E-state index contributed by atoms with van der Waals surface area (Å²) in [5, 5.41) is 4.28. The van der Waals surface area contributed by atoms with E-state index in [-0.39, 0.29) is 0 Å². The van der Waals surface area contributed by atoms with Gasteiger partial charge in [-0.2, -0.15) is 0 Å². The van der Waals surface area contributed by atoms with Gasteiger partial charge in [0.25, 0.3) is 0 Å². The lowest BCUT2D eigenvalue weighted by atomic mass is 9.78. The van der Waals surface area contributed by atoms with Crippen LogP contribution in [0.25, 0.3) is 10.9 Å². The Labute approximate surface area is 158 Å². The number of hydrogen-bond acceptors (Lipinski definition) is 6. The van der Waals surface area contributed by atoms with Crippen LogP contribution >= 0.6 is 0 Å². The minimum absolute atomic E-state index is 0.407. The summed E-state index contributed by atoms with van der Waals surface area (Å²) in [4.78, 5) is 21.1. The number of pyridine rings is 2. The molecule has 0 unspecified atom stereocenters. The molecule has 1 spiro atoms. The fraction of sp³-hybridized carbons (Fsp3) is 0.286. The van der Waals surface area contributed by atoms with Crippen molar-refractivity contribution in [1.82, 2.24) is 9.97 Å². The predicted octanol–water partition coefficient (Wildman–Crippen LogP) is 3.01. The Morgan fingerprint density at radius 1 is 1.11 bits per heavy atom. The van der Waals surface area contributed by atoms with Gasteiger partial charge in [0.15, 0.2) is 6.29 Å². The van der Waals surface area contributed by atoms with E-state index in [9.17, 15) is 4.79 Å². The fourth-order valence-corrected chi connectivity index (χ4v) is 3.52. The van der Waals surface area contributed by atoms with Crippen LogP contribution in [0.2, 0.25) is 0 Å². The number of benzene rings is 1. The van der Waals surface area contributed by atoms with Crippen molar-refractivity contribution in [1.29, 1.82) is 0 Å². The number of hydrogen-bond donors (Lipinski definition) is 1. The van der Waals surface area contributed by atoms with Crippen LogP contribution in [0.3, 0.4) is 0 Å². The molecule has 2 fully saturated rings. The second-order valence-electron chi connectivity index (χ2n) is 7.04. The van der Waals surface area contributed by atoms with Crippen LogP contribution in [-0.4, -0.2) is 49.6 Å². The molecule has 138 valence electrons. The molecular formula is C21H22N4O2. The molecule has 6 nitrogen and oxygen atoms in total. The summed E-state index contributed by atoms with van der Waals surface area (Å²) in [6.07, 6.45) is 4.27. The second-order valence-corrected chi connectivity index (χ2v) is 7.04. The van der Waals surface area contributed by atoms with Crippen molar-refractivity contribution in [3.63, 3.8) is 0 Å². The number of carbonyl (C=O) groups excluding carboxylic acids is 1. The second kappa shape index (κ2) is 7.32. The predicted molar refractivity (Wildman–Crippen MR) is 106 cm³/mol. The number of rotatable bonds is 3. The third-order valence-corrected chi connectivity index (χ3v) is 5.02. The molecule has 2 aliphatic heterocycles. The molecule has 0 atom stereocenters. The molecule has 1 N–H and O–H groups in total. The highest BCUT2D eigenvalue weighted by molar-refractivity contribution is 5.89. The molecule has 1 aromatic carbocycles. The van der Waals surface area contributed by atoms with E-state index in [0.717, 1.165) is 49.5 Å². The van der Waals surface area contributed by atoms with E-state index < -0.39 is 0 Å². The number of fused-ring (bicyclic) bond motifs is 1. The van der Waals surface area contributed by atoms with Crippen LogP contribution in [0.15, 0.2) is 54.9 Å². The van der Waals surface area contributed by atoms with Gasteiger partial charge in [0, 0.05) is 43.6 Å². The highest BCUT2D eigenvalue weighted by Gasteiger charge is 2.49. The van der Waals surface area contributed by atoms with Crippen molar-refractivity contribution in [3.8, 4) is 0 Å². The molecular weight excluding hydrogens is 340 g/mol. The average molecular weight is 362 g/mol. The van der Waals surface area contributed by atoms with Gasteiger partial charge in [-0.15, -0.1) is 0 Å². The van der Waals surface area contributed by atoms with Crippen LogP contribution in [0.5, 0.6) is 0 Å². The molecule has 0 bridgehead atoms. The molecule has 3 aromatic rings. The summed E-state index contributed by atoms with van der Waals surface area (Å²) >= 11 is 0. The zero-order chi connectivity index (χ0) is 18.7. The molecule has 0 aliphatic carbocycles. The Morgan fingerprint density at radius 2 is 1.93 bits per heavy atom. The summed E-state index contributed by atoms with van der Waals surface area (Å²) in [5.41, 5.74) is 4.10. The first-order valence-electron chi connectivity index (χ1n) is 8.98. The topological polar surface area (TPSA) is 67.4 Å². The number of nitrogens with zero attached hydrogens (tertiary/aromatic N) is 3. The standard InChI is InChI=1S/C11H12N2O2.C10H10N2/c14-4-9-3-10(1-2-12-9)13-5-11(6-13)7-15-8-11;1-11-9-6-2-4-8-5-3-7-12-10(8)9/h1-4H,5-8H2;2-7,11H,1H3. The zero-order valence-corrected chi connectivity index (χ0v) is 15.3. The maximum atomic E-state index is 10.6. The van der Waals surface area contributed by atoms with Gasteiger partial charge >= 0.3 is 0 Å².